The molecule has 2 heterocycles. The normalized spacial score (nSPS) is 15.9. The van der Waals surface area contributed by atoms with Gasteiger partial charge in [0, 0.05) is 55.2 Å². The second-order valence-corrected chi connectivity index (χ2v) is 10.1. The molecule has 3 aromatic carbocycles. The first-order valence-corrected chi connectivity index (χ1v) is 12.7. The van der Waals surface area contributed by atoms with Crippen LogP contribution in [0.2, 0.25) is 0 Å². The van der Waals surface area contributed by atoms with E-state index in [1.54, 1.807) is 10.6 Å². The minimum Gasteiger partial charge on any atom is -0.477 e. The molecule has 8 heteroatoms. The third kappa shape index (κ3) is 4.87. The third-order valence-corrected chi connectivity index (χ3v) is 7.07. The number of carboxylic acid groups (broad SMARTS) is 1. The Kier molecular flexibility index (Phi) is 6.91. The molecule has 1 atom stereocenters. The fourth-order valence-corrected chi connectivity index (χ4v) is 5.24. The first-order chi connectivity index (χ1) is 18.2. The number of carboxylic acids is 1. The van der Waals surface area contributed by atoms with Crippen molar-refractivity contribution in [3.63, 3.8) is 0 Å². The average molecular weight is 515 g/mol. The van der Waals surface area contributed by atoms with Crippen LogP contribution in [0.3, 0.4) is 0 Å². The first kappa shape index (κ1) is 25.5. The van der Waals surface area contributed by atoms with Crippen molar-refractivity contribution < 1.29 is 14.3 Å². The molecule has 0 aliphatic carbocycles. The zero-order chi connectivity index (χ0) is 27.0. The van der Waals surface area contributed by atoms with E-state index in [-0.39, 0.29) is 11.4 Å². The Hall–Kier alpha value is -4.17. The molecule has 38 heavy (non-hydrogen) atoms. The second-order valence-electron chi connectivity index (χ2n) is 10.1. The molecule has 1 unspecified atom stereocenters. The molecule has 1 aromatic heterocycles. The maximum atomic E-state index is 15.6. The number of aromatic nitrogens is 1. The molecule has 0 bridgehead atoms. The fourth-order valence-electron chi connectivity index (χ4n) is 5.24. The van der Waals surface area contributed by atoms with Gasteiger partial charge in [0.25, 0.3) is 0 Å². The minimum absolute atomic E-state index is 0.0136. The predicted molar refractivity (Wildman–Crippen MR) is 149 cm³/mol. The molecular formula is C30H31FN4O3. The molecule has 1 aliphatic heterocycles. The first-order valence-electron chi connectivity index (χ1n) is 12.7. The average Bonchev–Trinajstić information content (AvgIpc) is 2.89. The Balaban J connectivity index is 1.58. The fraction of sp³-hybridized carbons (Fsp3) is 0.267. The van der Waals surface area contributed by atoms with Crippen molar-refractivity contribution in [2.24, 2.45) is 0 Å². The van der Waals surface area contributed by atoms with Crippen molar-refractivity contribution in [2.45, 2.75) is 19.5 Å². The van der Waals surface area contributed by atoms with Crippen molar-refractivity contribution in [3.05, 3.63) is 100 Å². The van der Waals surface area contributed by atoms with E-state index in [9.17, 15) is 14.7 Å². The van der Waals surface area contributed by atoms with Crippen molar-refractivity contribution in [1.82, 2.24) is 9.47 Å². The Morgan fingerprint density at radius 1 is 1.03 bits per heavy atom. The van der Waals surface area contributed by atoms with Crippen molar-refractivity contribution in [1.29, 1.82) is 0 Å². The molecule has 1 N–H and O–H groups in total. The maximum absolute atomic E-state index is 15.6. The zero-order valence-corrected chi connectivity index (χ0v) is 21.8. The third-order valence-electron chi connectivity index (χ3n) is 7.07. The number of hydrogen-bond donors (Lipinski definition) is 1. The summed E-state index contributed by atoms with van der Waals surface area (Å²) in [4.78, 5) is 31.3. The van der Waals surface area contributed by atoms with Crippen LogP contribution in [0.15, 0.2) is 77.7 Å². The Labute approximate surface area is 220 Å². The van der Waals surface area contributed by atoms with E-state index in [4.69, 9.17) is 0 Å². The highest BCUT2D eigenvalue weighted by Gasteiger charge is 2.27. The van der Waals surface area contributed by atoms with E-state index < -0.39 is 22.8 Å². The molecule has 0 amide bonds. The van der Waals surface area contributed by atoms with Gasteiger partial charge in [0.05, 0.1) is 11.2 Å². The number of pyridine rings is 1. The van der Waals surface area contributed by atoms with Gasteiger partial charge >= 0.3 is 5.97 Å². The number of anilines is 2. The molecule has 1 aliphatic rings. The van der Waals surface area contributed by atoms with Gasteiger partial charge in [-0.1, -0.05) is 30.3 Å². The summed E-state index contributed by atoms with van der Waals surface area (Å²) in [7, 11) is 3.97. The maximum Gasteiger partial charge on any atom is 0.341 e. The topological polar surface area (TPSA) is 69.0 Å². The summed E-state index contributed by atoms with van der Waals surface area (Å²) in [6, 6.07) is 20.7. The summed E-state index contributed by atoms with van der Waals surface area (Å²) in [5.41, 5.74) is 2.70. The molecule has 0 spiro atoms. The number of halogens is 1. The van der Waals surface area contributed by atoms with Gasteiger partial charge in [-0.15, -0.1) is 0 Å². The number of benzene rings is 3. The van der Waals surface area contributed by atoms with Gasteiger partial charge in [0.15, 0.2) is 0 Å². The summed E-state index contributed by atoms with van der Waals surface area (Å²) in [6.45, 7) is 4.87. The van der Waals surface area contributed by atoms with Gasteiger partial charge in [-0.05, 0) is 63.0 Å². The number of piperazine rings is 1. The van der Waals surface area contributed by atoms with Gasteiger partial charge in [-0.2, -0.15) is 0 Å². The van der Waals surface area contributed by atoms with Crippen LogP contribution in [-0.2, 0) is 6.54 Å². The number of fused-ring (bicyclic) bond motifs is 1. The number of hydrogen-bond acceptors (Lipinski definition) is 5. The Bertz CT molecular complexity index is 1530. The number of aromatic carboxylic acids is 1. The summed E-state index contributed by atoms with van der Waals surface area (Å²) in [6.07, 6.45) is 1.34. The number of rotatable bonds is 6. The number of nitrogens with zero attached hydrogens (tertiary/aromatic N) is 4. The van der Waals surface area contributed by atoms with Crippen LogP contribution in [0.25, 0.3) is 16.6 Å². The van der Waals surface area contributed by atoms with Gasteiger partial charge in [0.2, 0.25) is 5.43 Å². The van der Waals surface area contributed by atoms with Crippen LogP contribution < -0.4 is 15.2 Å². The van der Waals surface area contributed by atoms with Crippen molar-refractivity contribution in [3.8, 4) is 5.69 Å². The lowest BCUT2D eigenvalue weighted by atomic mass is 10.1. The van der Waals surface area contributed by atoms with Crippen LogP contribution in [0.5, 0.6) is 0 Å². The van der Waals surface area contributed by atoms with Crippen molar-refractivity contribution >= 4 is 28.2 Å². The Morgan fingerprint density at radius 3 is 2.37 bits per heavy atom. The highest BCUT2D eigenvalue weighted by molar-refractivity contribution is 5.94. The van der Waals surface area contributed by atoms with Gasteiger partial charge in [0.1, 0.15) is 11.4 Å². The van der Waals surface area contributed by atoms with Gasteiger partial charge < -0.3 is 24.4 Å². The van der Waals surface area contributed by atoms with Crippen LogP contribution >= 0.6 is 0 Å². The van der Waals surface area contributed by atoms with Gasteiger partial charge in [-0.25, -0.2) is 9.18 Å². The molecule has 0 radical (unpaired) electrons. The van der Waals surface area contributed by atoms with Gasteiger partial charge in [-0.3, -0.25) is 4.79 Å². The molecule has 0 saturated carbocycles. The van der Waals surface area contributed by atoms with E-state index in [0.29, 0.717) is 23.4 Å². The van der Waals surface area contributed by atoms with E-state index in [2.05, 4.69) is 28.9 Å². The zero-order valence-electron chi connectivity index (χ0n) is 21.8. The smallest absolute Gasteiger partial charge is 0.341 e. The monoisotopic (exact) mass is 514 g/mol. The van der Waals surface area contributed by atoms with Crippen LogP contribution in [0.4, 0.5) is 15.8 Å². The predicted octanol–water partition coefficient (Wildman–Crippen LogP) is 4.60. The van der Waals surface area contributed by atoms with Crippen LogP contribution in [0.1, 0.15) is 22.8 Å². The number of carbonyl (C=O) groups is 1. The largest absolute Gasteiger partial charge is 0.477 e. The number of para-hydroxylation sites is 1. The quantitative estimate of drug-likeness (QED) is 0.406. The summed E-state index contributed by atoms with van der Waals surface area (Å²) in [5, 5.41) is 9.74. The standard InChI is InChI=1S/C30H31FN4O3/c1-20-17-33(22-7-5-4-6-8-22)13-14-34(20)28-16-27-24(15-26(28)31)29(36)25(30(37)38)19-35(27)23-11-9-21(10-12-23)18-32(2)3/h4-12,15-16,19-20H,13-14,17-18H2,1-3H3,(H,37,38). The molecule has 1 fully saturated rings. The highest BCUT2D eigenvalue weighted by atomic mass is 19.1. The van der Waals surface area contributed by atoms with E-state index >= 15 is 4.39 Å². The molecular weight excluding hydrogens is 483 g/mol. The molecule has 7 nitrogen and oxygen atoms in total. The Morgan fingerprint density at radius 2 is 1.74 bits per heavy atom. The molecule has 196 valence electrons. The summed E-state index contributed by atoms with van der Waals surface area (Å²) in [5.74, 6) is -1.88. The lowest BCUT2D eigenvalue weighted by molar-refractivity contribution is 0.0695. The van der Waals surface area contributed by atoms with Crippen molar-refractivity contribution in [2.75, 3.05) is 43.5 Å². The lowest BCUT2D eigenvalue weighted by Gasteiger charge is -2.42. The van der Waals surface area contributed by atoms with Crippen LogP contribution in [0, 0.1) is 5.82 Å². The second kappa shape index (κ2) is 10.3. The molecule has 5 rings (SSSR count). The van der Waals surface area contributed by atoms with Crippen LogP contribution in [-0.4, -0.2) is 60.3 Å². The summed E-state index contributed by atoms with van der Waals surface area (Å²) < 4.78 is 17.2. The van der Waals surface area contributed by atoms with E-state index in [1.807, 2.05) is 61.5 Å². The minimum atomic E-state index is -1.34. The summed E-state index contributed by atoms with van der Waals surface area (Å²) >= 11 is 0. The molecule has 1 saturated heterocycles. The lowest BCUT2D eigenvalue weighted by Crippen LogP contribution is -2.52. The SMILES string of the molecule is CC1CN(c2ccccc2)CCN1c1cc2c(cc1F)c(=O)c(C(=O)O)cn2-c1ccc(CN(C)C)cc1. The molecule has 4 aromatic rings. The van der Waals surface area contributed by atoms with E-state index in [1.165, 1.54) is 12.3 Å². The van der Waals surface area contributed by atoms with E-state index in [0.717, 1.165) is 30.9 Å². The highest BCUT2D eigenvalue weighted by Crippen LogP contribution is 2.30.